The van der Waals surface area contributed by atoms with E-state index in [0.717, 1.165) is 0 Å². The van der Waals surface area contributed by atoms with Crippen LogP contribution in [0.4, 0.5) is 0 Å². The first kappa shape index (κ1) is 9.45. The van der Waals surface area contributed by atoms with Crippen LogP contribution in [0.5, 0.6) is 0 Å². The Balaban J connectivity index is 2.13. The maximum Gasteiger partial charge on any atom is 0.438 e. The molecule has 1 aliphatic rings. The highest BCUT2D eigenvalue weighted by atomic mass is 32.2. The average molecular weight is 218 g/mol. The molecule has 1 N–H and O–H groups in total. The molecule has 2 rings (SSSR count). The van der Waals surface area contributed by atoms with Gasteiger partial charge in [-0.05, 0) is 12.8 Å². The van der Waals surface area contributed by atoms with Crippen molar-refractivity contribution in [3.8, 4) is 0 Å². The van der Waals surface area contributed by atoms with Gasteiger partial charge in [-0.25, -0.2) is 13.2 Å². The zero-order valence-corrected chi connectivity index (χ0v) is 8.21. The van der Waals surface area contributed by atoms with Crippen LogP contribution >= 0.6 is 0 Å². The van der Waals surface area contributed by atoms with Gasteiger partial charge in [-0.15, -0.1) is 0 Å². The van der Waals surface area contributed by atoms with E-state index in [1.54, 1.807) is 0 Å². The fraction of sp³-hybridized carbons (Fsp3) is 0.714. The number of hydrogen-bond donors (Lipinski definition) is 1. The van der Waals surface area contributed by atoms with Gasteiger partial charge in [0, 0.05) is 5.92 Å². The van der Waals surface area contributed by atoms with E-state index >= 15 is 0 Å². The van der Waals surface area contributed by atoms with Crippen LogP contribution in [0, 0.1) is 0 Å². The number of sulfone groups is 1. The minimum Gasteiger partial charge on any atom is -0.296 e. The summed E-state index contributed by atoms with van der Waals surface area (Å²) in [6.07, 6.45) is 1.01. The van der Waals surface area contributed by atoms with Crippen LogP contribution in [0.25, 0.3) is 0 Å². The molecule has 1 aromatic rings. The molecule has 0 bridgehead atoms. The fourth-order valence-corrected chi connectivity index (χ4v) is 3.07. The molecule has 0 saturated carbocycles. The van der Waals surface area contributed by atoms with E-state index in [1.165, 1.54) is 0 Å². The zero-order chi connectivity index (χ0) is 10.2. The lowest BCUT2D eigenvalue weighted by Gasteiger charge is -2.18. The fourth-order valence-electron chi connectivity index (χ4n) is 1.58. The van der Waals surface area contributed by atoms with E-state index in [2.05, 4.69) is 14.7 Å². The molecule has 0 spiro atoms. The maximum atomic E-state index is 11.1. The van der Waals surface area contributed by atoms with Crippen molar-refractivity contribution in [3.05, 3.63) is 16.4 Å². The van der Waals surface area contributed by atoms with E-state index in [9.17, 15) is 13.2 Å². The van der Waals surface area contributed by atoms with E-state index in [1.807, 2.05) is 0 Å². The molecule has 0 radical (unpaired) electrons. The van der Waals surface area contributed by atoms with Crippen LogP contribution in [0.3, 0.4) is 0 Å². The number of aromatic nitrogens is 2. The molecular weight excluding hydrogens is 208 g/mol. The van der Waals surface area contributed by atoms with Crippen molar-refractivity contribution in [2.24, 2.45) is 0 Å². The molecule has 1 aromatic heterocycles. The monoisotopic (exact) mass is 218 g/mol. The Bertz CT molecular complexity index is 458. The summed E-state index contributed by atoms with van der Waals surface area (Å²) in [6.45, 7) is 0. The van der Waals surface area contributed by atoms with Gasteiger partial charge in [0.2, 0.25) is 0 Å². The van der Waals surface area contributed by atoms with Crippen LogP contribution < -0.4 is 5.76 Å². The van der Waals surface area contributed by atoms with Crippen LogP contribution in [0.15, 0.2) is 9.32 Å². The van der Waals surface area contributed by atoms with Gasteiger partial charge in [0.15, 0.2) is 5.82 Å². The van der Waals surface area contributed by atoms with E-state index in [0.29, 0.717) is 18.7 Å². The summed E-state index contributed by atoms with van der Waals surface area (Å²) >= 11 is 0. The highest BCUT2D eigenvalue weighted by Crippen LogP contribution is 2.25. The highest BCUT2D eigenvalue weighted by Gasteiger charge is 2.27. The number of aromatic amines is 1. The molecule has 2 heterocycles. The first-order valence-electron chi connectivity index (χ1n) is 4.33. The summed E-state index contributed by atoms with van der Waals surface area (Å²) in [6, 6.07) is 0. The number of nitrogens with one attached hydrogen (secondary N) is 1. The molecule has 78 valence electrons. The summed E-state index contributed by atoms with van der Waals surface area (Å²) in [4.78, 5) is 13.1. The number of nitrogens with zero attached hydrogens (tertiary/aromatic N) is 1. The first-order chi connectivity index (χ1) is 6.57. The SMILES string of the molecule is O=c1[nH]c(C2CCS(=O)(=O)CC2)no1. The van der Waals surface area contributed by atoms with Crippen LogP contribution in [-0.4, -0.2) is 30.1 Å². The molecule has 1 aliphatic heterocycles. The third-order valence-corrected chi connectivity index (χ3v) is 4.11. The molecule has 1 fully saturated rings. The van der Waals surface area contributed by atoms with Gasteiger partial charge < -0.3 is 0 Å². The summed E-state index contributed by atoms with van der Waals surface area (Å²) in [5, 5.41) is 3.55. The lowest BCUT2D eigenvalue weighted by molar-refractivity contribution is 0.374. The second-order valence-electron chi connectivity index (χ2n) is 3.41. The van der Waals surface area contributed by atoms with Gasteiger partial charge in [0.1, 0.15) is 9.84 Å². The molecule has 0 atom stereocenters. The first-order valence-corrected chi connectivity index (χ1v) is 6.15. The third kappa shape index (κ3) is 1.87. The van der Waals surface area contributed by atoms with Gasteiger partial charge in [0.05, 0.1) is 11.5 Å². The standard InChI is InChI=1S/C7H10N2O4S/c10-7-8-6(9-13-7)5-1-3-14(11,12)4-2-5/h5H,1-4H2,(H,8,9,10). The maximum absolute atomic E-state index is 11.1. The van der Waals surface area contributed by atoms with Gasteiger partial charge >= 0.3 is 5.76 Å². The van der Waals surface area contributed by atoms with Gasteiger partial charge in [-0.1, -0.05) is 5.16 Å². The van der Waals surface area contributed by atoms with Crippen LogP contribution in [0.1, 0.15) is 24.6 Å². The van der Waals surface area contributed by atoms with Crippen molar-refractivity contribution >= 4 is 9.84 Å². The zero-order valence-electron chi connectivity index (χ0n) is 7.39. The van der Waals surface area contributed by atoms with Crippen molar-refractivity contribution in [2.75, 3.05) is 11.5 Å². The summed E-state index contributed by atoms with van der Waals surface area (Å²) < 4.78 is 26.6. The third-order valence-electron chi connectivity index (χ3n) is 2.40. The lowest BCUT2D eigenvalue weighted by atomic mass is 10.0. The minimum absolute atomic E-state index is 0.00461. The van der Waals surface area contributed by atoms with E-state index in [4.69, 9.17) is 0 Å². The number of hydrogen-bond acceptors (Lipinski definition) is 5. The molecular formula is C7H10N2O4S. The van der Waals surface area contributed by atoms with E-state index in [-0.39, 0.29) is 17.4 Å². The quantitative estimate of drug-likeness (QED) is 0.695. The van der Waals surface area contributed by atoms with Crippen molar-refractivity contribution in [3.63, 3.8) is 0 Å². The molecule has 6 nitrogen and oxygen atoms in total. The molecule has 1 saturated heterocycles. The van der Waals surface area contributed by atoms with Crippen molar-refractivity contribution in [1.29, 1.82) is 0 Å². The normalized spacial score (nSPS) is 22.3. The Morgan fingerprint density at radius 1 is 1.36 bits per heavy atom. The van der Waals surface area contributed by atoms with Crippen molar-refractivity contribution in [1.82, 2.24) is 10.1 Å². The number of rotatable bonds is 1. The Kier molecular flexibility index (Phi) is 2.18. The minimum atomic E-state index is -2.87. The average Bonchev–Trinajstić information content (AvgIpc) is 2.52. The Morgan fingerprint density at radius 3 is 2.50 bits per heavy atom. The predicted octanol–water partition coefficient (Wildman–Crippen LogP) is -0.345. The summed E-state index contributed by atoms with van der Waals surface area (Å²) in [7, 11) is -2.87. The van der Waals surface area contributed by atoms with Crippen LogP contribution in [0.2, 0.25) is 0 Å². The predicted molar refractivity (Wildman–Crippen MR) is 47.8 cm³/mol. The molecule has 14 heavy (non-hydrogen) atoms. The van der Waals surface area contributed by atoms with Crippen molar-refractivity contribution < 1.29 is 12.9 Å². The Labute approximate surface area is 80.2 Å². The Hall–Kier alpha value is -1.11. The topological polar surface area (TPSA) is 93.0 Å². The molecule has 7 heteroatoms. The smallest absolute Gasteiger partial charge is 0.296 e. The molecule has 0 aliphatic carbocycles. The van der Waals surface area contributed by atoms with Gasteiger partial charge in [-0.2, -0.15) is 0 Å². The highest BCUT2D eigenvalue weighted by molar-refractivity contribution is 7.91. The second kappa shape index (κ2) is 3.23. The Morgan fingerprint density at radius 2 is 2.00 bits per heavy atom. The summed E-state index contributed by atoms with van der Waals surface area (Å²) in [5.74, 6) is 0.197. The van der Waals surface area contributed by atoms with Gasteiger partial charge in [0.25, 0.3) is 0 Å². The van der Waals surface area contributed by atoms with Gasteiger partial charge in [-0.3, -0.25) is 9.51 Å². The summed E-state index contributed by atoms with van der Waals surface area (Å²) in [5.41, 5.74) is 0. The largest absolute Gasteiger partial charge is 0.438 e. The van der Waals surface area contributed by atoms with Crippen LogP contribution in [-0.2, 0) is 9.84 Å². The molecule has 0 unspecified atom stereocenters. The lowest BCUT2D eigenvalue weighted by Crippen LogP contribution is -2.23. The van der Waals surface area contributed by atoms with Crippen molar-refractivity contribution in [2.45, 2.75) is 18.8 Å². The molecule has 0 amide bonds. The second-order valence-corrected chi connectivity index (χ2v) is 5.71. The number of H-pyrrole nitrogens is 1. The van der Waals surface area contributed by atoms with E-state index < -0.39 is 15.6 Å². The molecule has 0 aromatic carbocycles.